The number of carbonyl (C=O) groups excluding carboxylic acids is 1. The first-order valence-electron chi connectivity index (χ1n) is 9.73. The van der Waals surface area contributed by atoms with E-state index < -0.39 is 4.92 Å². The number of hydrogen-bond acceptors (Lipinski definition) is 6. The SMILES string of the molecule is O=C(CSc1ccc([N+](=O)[O-])cc1)NCCN1CCN(Cc2ccccc2)CC1. The summed E-state index contributed by atoms with van der Waals surface area (Å²) in [6.07, 6.45) is 0. The molecule has 2 aromatic carbocycles. The minimum Gasteiger partial charge on any atom is -0.354 e. The lowest BCUT2D eigenvalue weighted by atomic mass is 10.2. The molecule has 1 aliphatic heterocycles. The van der Waals surface area contributed by atoms with Gasteiger partial charge in [-0.05, 0) is 17.7 Å². The van der Waals surface area contributed by atoms with Gasteiger partial charge >= 0.3 is 0 Å². The maximum absolute atomic E-state index is 12.0. The predicted molar refractivity (Wildman–Crippen MR) is 115 cm³/mol. The van der Waals surface area contributed by atoms with Crippen molar-refractivity contribution in [3.63, 3.8) is 0 Å². The molecule has 0 unspecified atom stereocenters. The predicted octanol–water partition coefficient (Wildman–Crippen LogP) is 2.62. The van der Waals surface area contributed by atoms with Crippen molar-refractivity contribution in [3.8, 4) is 0 Å². The molecule has 0 bridgehead atoms. The molecule has 1 N–H and O–H groups in total. The lowest BCUT2D eigenvalue weighted by Crippen LogP contribution is -2.48. The van der Waals surface area contributed by atoms with Gasteiger partial charge in [-0.15, -0.1) is 11.8 Å². The Kier molecular flexibility index (Phi) is 8.03. The van der Waals surface area contributed by atoms with Gasteiger partial charge in [0.15, 0.2) is 0 Å². The third kappa shape index (κ3) is 7.16. The quantitative estimate of drug-likeness (QED) is 0.386. The van der Waals surface area contributed by atoms with Crippen LogP contribution in [0.1, 0.15) is 5.56 Å². The standard InChI is InChI=1S/C21H26N4O3S/c26-21(17-29-20-8-6-19(7-9-20)25(27)28)22-10-11-23-12-14-24(15-13-23)16-18-4-2-1-3-5-18/h1-9H,10-17H2,(H,22,26). The second kappa shape index (κ2) is 10.9. The van der Waals surface area contributed by atoms with Crippen LogP contribution in [0.2, 0.25) is 0 Å². The fourth-order valence-electron chi connectivity index (χ4n) is 3.23. The van der Waals surface area contributed by atoms with Gasteiger partial charge in [0.1, 0.15) is 0 Å². The van der Waals surface area contributed by atoms with Crippen LogP contribution in [0.3, 0.4) is 0 Å². The van der Waals surface area contributed by atoms with E-state index in [9.17, 15) is 14.9 Å². The maximum Gasteiger partial charge on any atom is 0.269 e. The summed E-state index contributed by atoms with van der Waals surface area (Å²) in [4.78, 5) is 27.9. The normalized spacial score (nSPS) is 15.2. The summed E-state index contributed by atoms with van der Waals surface area (Å²) >= 11 is 1.38. The van der Waals surface area contributed by atoms with E-state index in [2.05, 4.69) is 39.4 Å². The molecule has 1 aliphatic rings. The Hall–Kier alpha value is -2.42. The monoisotopic (exact) mass is 414 g/mol. The molecule has 0 saturated carbocycles. The maximum atomic E-state index is 12.0. The van der Waals surface area contributed by atoms with Gasteiger partial charge in [0.25, 0.3) is 5.69 Å². The number of hydrogen-bond donors (Lipinski definition) is 1. The second-order valence-corrected chi connectivity index (χ2v) is 8.04. The minimum absolute atomic E-state index is 0.0175. The summed E-state index contributed by atoms with van der Waals surface area (Å²) < 4.78 is 0. The molecule has 0 radical (unpaired) electrons. The Morgan fingerprint density at radius 3 is 2.31 bits per heavy atom. The summed E-state index contributed by atoms with van der Waals surface area (Å²) in [6.45, 7) is 6.59. The first-order chi connectivity index (χ1) is 14.1. The Morgan fingerprint density at radius 2 is 1.66 bits per heavy atom. The van der Waals surface area contributed by atoms with Crippen LogP contribution >= 0.6 is 11.8 Å². The fraction of sp³-hybridized carbons (Fsp3) is 0.381. The van der Waals surface area contributed by atoms with Crippen LogP contribution in [-0.2, 0) is 11.3 Å². The zero-order chi connectivity index (χ0) is 20.5. The van der Waals surface area contributed by atoms with Gasteiger partial charge in [-0.2, -0.15) is 0 Å². The van der Waals surface area contributed by atoms with Crippen LogP contribution < -0.4 is 5.32 Å². The van der Waals surface area contributed by atoms with E-state index >= 15 is 0 Å². The summed E-state index contributed by atoms with van der Waals surface area (Å²) in [5.74, 6) is 0.291. The number of thioether (sulfide) groups is 1. The molecular weight excluding hydrogens is 388 g/mol. The average Bonchev–Trinajstić information content (AvgIpc) is 2.74. The van der Waals surface area contributed by atoms with Crippen LogP contribution in [0.5, 0.6) is 0 Å². The summed E-state index contributed by atoms with van der Waals surface area (Å²) in [7, 11) is 0. The van der Waals surface area contributed by atoms with Crippen molar-refractivity contribution < 1.29 is 9.72 Å². The lowest BCUT2D eigenvalue weighted by Gasteiger charge is -2.34. The highest BCUT2D eigenvalue weighted by Gasteiger charge is 2.16. The second-order valence-electron chi connectivity index (χ2n) is 6.99. The first-order valence-corrected chi connectivity index (χ1v) is 10.7. The number of nitrogens with one attached hydrogen (secondary N) is 1. The van der Waals surface area contributed by atoms with Gasteiger partial charge in [-0.3, -0.25) is 24.7 Å². The smallest absolute Gasteiger partial charge is 0.269 e. The number of nitrogens with zero attached hydrogens (tertiary/aromatic N) is 3. The van der Waals surface area contributed by atoms with E-state index in [1.165, 1.54) is 29.5 Å². The number of amides is 1. The molecule has 1 heterocycles. The molecule has 29 heavy (non-hydrogen) atoms. The van der Waals surface area contributed by atoms with Gasteiger partial charge in [-0.25, -0.2) is 0 Å². The topological polar surface area (TPSA) is 78.7 Å². The van der Waals surface area contributed by atoms with Crippen LogP contribution in [0.4, 0.5) is 5.69 Å². The molecule has 8 heteroatoms. The van der Waals surface area contributed by atoms with Crippen molar-refractivity contribution in [2.75, 3.05) is 45.0 Å². The molecule has 7 nitrogen and oxygen atoms in total. The number of nitro groups is 1. The van der Waals surface area contributed by atoms with Gasteiger partial charge in [0, 0.05) is 62.8 Å². The molecule has 0 aromatic heterocycles. The van der Waals surface area contributed by atoms with Crippen molar-refractivity contribution in [2.24, 2.45) is 0 Å². The van der Waals surface area contributed by atoms with Crippen molar-refractivity contribution in [1.82, 2.24) is 15.1 Å². The van der Waals surface area contributed by atoms with Crippen molar-refractivity contribution in [3.05, 3.63) is 70.3 Å². The third-order valence-corrected chi connectivity index (χ3v) is 5.89. The molecule has 0 atom stereocenters. The van der Waals surface area contributed by atoms with Gasteiger partial charge in [0.2, 0.25) is 5.91 Å². The Balaban J connectivity index is 1.28. The Bertz CT molecular complexity index is 793. The van der Waals surface area contributed by atoms with E-state index in [1.54, 1.807) is 12.1 Å². The number of benzene rings is 2. The molecule has 154 valence electrons. The molecule has 1 saturated heterocycles. The summed E-state index contributed by atoms with van der Waals surface area (Å²) in [6, 6.07) is 16.8. The molecule has 1 fully saturated rings. The molecule has 0 aliphatic carbocycles. The lowest BCUT2D eigenvalue weighted by molar-refractivity contribution is -0.384. The fourth-order valence-corrected chi connectivity index (χ4v) is 3.96. The number of rotatable bonds is 9. The number of non-ortho nitro benzene ring substituents is 1. The number of nitro benzene ring substituents is 1. The van der Waals surface area contributed by atoms with Crippen LogP contribution in [-0.4, -0.2) is 65.7 Å². The minimum atomic E-state index is -0.428. The van der Waals surface area contributed by atoms with E-state index in [1.807, 2.05) is 6.07 Å². The number of piperazine rings is 1. The van der Waals surface area contributed by atoms with E-state index in [4.69, 9.17) is 0 Å². The highest BCUT2D eigenvalue weighted by Crippen LogP contribution is 2.21. The molecule has 1 amide bonds. The van der Waals surface area contributed by atoms with Gasteiger partial charge in [-0.1, -0.05) is 30.3 Å². The summed E-state index contributed by atoms with van der Waals surface area (Å²) in [5, 5.41) is 13.6. The van der Waals surface area contributed by atoms with Crippen LogP contribution in [0, 0.1) is 10.1 Å². The number of carbonyl (C=O) groups is 1. The van der Waals surface area contributed by atoms with E-state index in [0.29, 0.717) is 12.3 Å². The third-order valence-electron chi connectivity index (χ3n) is 4.88. The molecule has 2 aromatic rings. The molecular formula is C21H26N4O3S. The largest absolute Gasteiger partial charge is 0.354 e. The van der Waals surface area contributed by atoms with E-state index in [-0.39, 0.29) is 11.6 Å². The highest BCUT2D eigenvalue weighted by molar-refractivity contribution is 8.00. The Morgan fingerprint density at radius 1 is 1.00 bits per heavy atom. The highest BCUT2D eigenvalue weighted by atomic mass is 32.2. The van der Waals surface area contributed by atoms with Crippen molar-refractivity contribution in [2.45, 2.75) is 11.4 Å². The van der Waals surface area contributed by atoms with Crippen LogP contribution in [0.25, 0.3) is 0 Å². The van der Waals surface area contributed by atoms with Gasteiger partial charge < -0.3 is 5.32 Å². The van der Waals surface area contributed by atoms with E-state index in [0.717, 1.165) is 44.2 Å². The average molecular weight is 415 g/mol. The van der Waals surface area contributed by atoms with Crippen LogP contribution in [0.15, 0.2) is 59.5 Å². The van der Waals surface area contributed by atoms with Crippen molar-refractivity contribution >= 4 is 23.4 Å². The molecule has 3 rings (SSSR count). The molecule has 0 spiro atoms. The van der Waals surface area contributed by atoms with Gasteiger partial charge in [0.05, 0.1) is 10.7 Å². The Labute approximate surface area is 175 Å². The zero-order valence-electron chi connectivity index (χ0n) is 16.3. The summed E-state index contributed by atoms with van der Waals surface area (Å²) in [5.41, 5.74) is 1.40. The first kappa shape index (κ1) is 21.3. The van der Waals surface area contributed by atoms with Crippen molar-refractivity contribution in [1.29, 1.82) is 0 Å². The zero-order valence-corrected chi connectivity index (χ0v) is 17.1.